The van der Waals surface area contributed by atoms with Crippen molar-refractivity contribution in [1.82, 2.24) is 0 Å². The molecule has 0 aliphatic carbocycles. The van der Waals surface area contributed by atoms with Crippen molar-refractivity contribution >= 4 is 23.2 Å². The summed E-state index contributed by atoms with van der Waals surface area (Å²) in [7, 11) is 0. The average molecular weight is 366 g/mol. The van der Waals surface area contributed by atoms with Gasteiger partial charge >= 0.3 is 0 Å². The lowest BCUT2D eigenvalue weighted by atomic mass is 10.1. The van der Waals surface area contributed by atoms with Crippen LogP contribution in [0.4, 0.5) is 11.4 Å². The third kappa shape index (κ3) is 3.60. The third-order valence-corrected chi connectivity index (χ3v) is 4.82. The second kappa shape index (κ2) is 6.95. The summed E-state index contributed by atoms with van der Waals surface area (Å²) >= 11 is 0. The Morgan fingerprint density at radius 2 is 1.74 bits per heavy atom. The molecule has 1 fully saturated rings. The maximum atomic E-state index is 12.7. The number of amides is 2. The van der Waals surface area contributed by atoms with Crippen molar-refractivity contribution in [1.29, 1.82) is 0 Å². The summed E-state index contributed by atoms with van der Waals surface area (Å²) < 4.78 is 11.1. The van der Waals surface area contributed by atoms with Crippen LogP contribution in [0.25, 0.3) is 0 Å². The topological polar surface area (TPSA) is 67.9 Å². The Bertz CT molecular complexity index is 889. The van der Waals surface area contributed by atoms with Crippen molar-refractivity contribution < 1.29 is 19.1 Å². The van der Waals surface area contributed by atoms with Gasteiger partial charge < -0.3 is 19.7 Å². The summed E-state index contributed by atoms with van der Waals surface area (Å²) in [5.41, 5.74) is 3.67. The average Bonchev–Trinajstić information content (AvgIpc) is 3.02. The lowest BCUT2D eigenvalue weighted by Gasteiger charge is -2.22. The number of hydrogen-bond acceptors (Lipinski definition) is 4. The van der Waals surface area contributed by atoms with Crippen molar-refractivity contribution in [2.24, 2.45) is 5.92 Å². The van der Waals surface area contributed by atoms with Crippen LogP contribution in [0.1, 0.15) is 17.5 Å². The molecule has 0 bridgehead atoms. The van der Waals surface area contributed by atoms with Crippen molar-refractivity contribution in [3.05, 3.63) is 47.5 Å². The van der Waals surface area contributed by atoms with Crippen molar-refractivity contribution in [3.8, 4) is 11.5 Å². The van der Waals surface area contributed by atoms with E-state index in [1.54, 1.807) is 17.0 Å². The van der Waals surface area contributed by atoms with E-state index in [0.717, 1.165) is 22.5 Å². The molecule has 2 aromatic rings. The van der Waals surface area contributed by atoms with E-state index < -0.39 is 0 Å². The monoisotopic (exact) mass is 366 g/mol. The van der Waals surface area contributed by atoms with E-state index in [4.69, 9.17) is 9.47 Å². The number of ether oxygens (including phenoxy) is 2. The van der Waals surface area contributed by atoms with E-state index in [-0.39, 0.29) is 24.2 Å². The fourth-order valence-corrected chi connectivity index (χ4v) is 3.62. The van der Waals surface area contributed by atoms with Crippen molar-refractivity contribution in [2.75, 3.05) is 30.0 Å². The molecule has 0 spiro atoms. The van der Waals surface area contributed by atoms with E-state index in [0.29, 0.717) is 31.3 Å². The highest BCUT2D eigenvalue weighted by atomic mass is 16.6. The van der Waals surface area contributed by atoms with Gasteiger partial charge in [0.05, 0.1) is 5.92 Å². The molecule has 2 aliphatic heterocycles. The van der Waals surface area contributed by atoms with Crippen LogP contribution < -0.4 is 19.7 Å². The van der Waals surface area contributed by atoms with Crippen LogP contribution in [0.3, 0.4) is 0 Å². The summed E-state index contributed by atoms with van der Waals surface area (Å²) in [6, 6.07) is 11.4. The SMILES string of the molecule is Cc1cc(C)cc(NC(=O)[C@@H]2CC(=O)N(c3ccc4c(c3)OCCO4)C2)c1. The number of nitrogens with one attached hydrogen (secondary N) is 1. The Labute approximate surface area is 158 Å². The number of benzene rings is 2. The van der Waals surface area contributed by atoms with E-state index in [9.17, 15) is 9.59 Å². The molecule has 140 valence electrons. The van der Waals surface area contributed by atoms with Crippen molar-refractivity contribution in [3.63, 3.8) is 0 Å². The molecule has 0 radical (unpaired) electrons. The van der Waals surface area contributed by atoms with Gasteiger partial charge in [0.2, 0.25) is 11.8 Å². The lowest BCUT2D eigenvalue weighted by Crippen LogP contribution is -2.28. The normalized spacial score (nSPS) is 18.5. The highest BCUT2D eigenvalue weighted by Crippen LogP contribution is 2.36. The van der Waals surface area contributed by atoms with Crippen LogP contribution in [0.15, 0.2) is 36.4 Å². The molecule has 1 saturated heterocycles. The number of carbonyl (C=O) groups is 2. The molecule has 0 saturated carbocycles. The first-order valence-electron chi connectivity index (χ1n) is 9.09. The van der Waals surface area contributed by atoms with Crippen LogP contribution in [0.5, 0.6) is 11.5 Å². The van der Waals surface area contributed by atoms with E-state index in [2.05, 4.69) is 11.4 Å². The number of anilines is 2. The predicted molar refractivity (Wildman–Crippen MR) is 102 cm³/mol. The Kier molecular flexibility index (Phi) is 4.48. The standard InChI is InChI=1S/C21H22N2O4/c1-13-7-14(2)9-16(8-13)22-21(25)15-10-20(24)23(12-15)17-3-4-18-19(11-17)27-6-5-26-18/h3-4,7-9,11,15H,5-6,10,12H2,1-2H3,(H,22,25)/t15-/m1/s1. The van der Waals surface area contributed by atoms with Gasteiger partial charge in [0.15, 0.2) is 11.5 Å². The number of rotatable bonds is 3. The first-order valence-corrected chi connectivity index (χ1v) is 9.09. The summed E-state index contributed by atoms with van der Waals surface area (Å²) in [5.74, 6) is 0.739. The molecule has 0 aromatic heterocycles. The quantitative estimate of drug-likeness (QED) is 0.907. The minimum atomic E-state index is -0.383. The maximum Gasteiger partial charge on any atom is 0.229 e. The minimum Gasteiger partial charge on any atom is -0.486 e. The summed E-state index contributed by atoms with van der Waals surface area (Å²) in [4.78, 5) is 26.8. The molecule has 0 unspecified atom stereocenters. The highest BCUT2D eigenvalue weighted by molar-refractivity contribution is 6.03. The van der Waals surface area contributed by atoms with Crippen LogP contribution in [0, 0.1) is 19.8 Å². The Balaban J connectivity index is 1.48. The zero-order valence-corrected chi connectivity index (χ0v) is 15.5. The van der Waals surface area contributed by atoms with Crippen LogP contribution in [0.2, 0.25) is 0 Å². The van der Waals surface area contributed by atoms with Gasteiger partial charge in [0.1, 0.15) is 13.2 Å². The summed E-state index contributed by atoms with van der Waals surface area (Å²) in [5, 5.41) is 2.95. The molecule has 2 aliphatic rings. The Hall–Kier alpha value is -3.02. The molecule has 27 heavy (non-hydrogen) atoms. The van der Waals surface area contributed by atoms with Gasteiger partial charge in [-0.05, 0) is 49.2 Å². The summed E-state index contributed by atoms with van der Waals surface area (Å²) in [6.45, 7) is 5.35. The van der Waals surface area contributed by atoms with E-state index in [1.165, 1.54) is 0 Å². The van der Waals surface area contributed by atoms with Gasteiger partial charge in [0.25, 0.3) is 0 Å². The second-order valence-corrected chi connectivity index (χ2v) is 7.10. The Morgan fingerprint density at radius 1 is 1.04 bits per heavy atom. The predicted octanol–water partition coefficient (Wildman–Crippen LogP) is 3.07. The van der Waals surface area contributed by atoms with Gasteiger partial charge in [-0.1, -0.05) is 6.07 Å². The molecule has 2 amide bonds. The highest BCUT2D eigenvalue weighted by Gasteiger charge is 2.35. The lowest BCUT2D eigenvalue weighted by molar-refractivity contribution is -0.122. The van der Waals surface area contributed by atoms with Gasteiger partial charge in [-0.2, -0.15) is 0 Å². The maximum absolute atomic E-state index is 12.7. The number of hydrogen-bond donors (Lipinski definition) is 1. The van der Waals surface area contributed by atoms with Crippen LogP contribution in [-0.4, -0.2) is 31.6 Å². The molecular weight excluding hydrogens is 344 g/mol. The number of aryl methyl sites for hydroxylation is 2. The third-order valence-electron chi connectivity index (χ3n) is 4.82. The molecule has 1 atom stereocenters. The molecule has 2 heterocycles. The van der Waals surface area contributed by atoms with E-state index >= 15 is 0 Å². The largest absolute Gasteiger partial charge is 0.486 e. The number of carbonyl (C=O) groups excluding carboxylic acids is 2. The number of nitrogens with zero attached hydrogens (tertiary/aromatic N) is 1. The molecule has 2 aromatic carbocycles. The van der Waals surface area contributed by atoms with Gasteiger partial charge in [0, 0.05) is 30.4 Å². The first kappa shape index (κ1) is 17.4. The molecular formula is C21H22N2O4. The molecule has 6 heteroatoms. The second-order valence-electron chi connectivity index (χ2n) is 7.10. The fourth-order valence-electron chi connectivity index (χ4n) is 3.62. The van der Waals surface area contributed by atoms with Gasteiger partial charge in [-0.15, -0.1) is 0 Å². The first-order chi connectivity index (χ1) is 13.0. The minimum absolute atomic E-state index is 0.0627. The summed E-state index contributed by atoms with van der Waals surface area (Å²) in [6.07, 6.45) is 0.199. The Morgan fingerprint density at radius 3 is 2.48 bits per heavy atom. The smallest absolute Gasteiger partial charge is 0.229 e. The van der Waals surface area contributed by atoms with Gasteiger partial charge in [-0.25, -0.2) is 0 Å². The fraction of sp³-hybridized carbons (Fsp3) is 0.333. The molecule has 1 N–H and O–H groups in total. The van der Waals surface area contributed by atoms with Crippen LogP contribution in [-0.2, 0) is 9.59 Å². The van der Waals surface area contributed by atoms with Gasteiger partial charge in [-0.3, -0.25) is 9.59 Å². The van der Waals surface area contributed by atoms with Crippen LogP contribution >= 0.6 is 0 Å². The van der Waals surface area contributed by atoms with E-state index in [1.807, 2.05) is 32.0 Å². The molecule has 4 rings (SSSR count). The van der Waals surface area contributed by atoms with Crippen molar-refractivity contribution in [2.45, 2.75) is 20.3 Å². The zero-order valence-electron chi connectivity index (χ0n) is 15.5. The number of fused-ring (bicyclic) bond motifs is 1. The zero-order chi connectivity index (χ0) is 19.0. The molecule has 6 nitrogen and oxygen atoms in total.